The maximum atomic E-state index is 12.3. The number of hydrogen-bond donors (Lipinski definition) is 2. The number of hydrogen-bond acceptors (Lipinski definition) is 4. The fourth-order valence-corrected chi connectivity index (χ4v) is 1.65. The van der Waals surface area contributed by atoms with Gasteiger partial charge in [0.15, 0.2) is 0 Å². The summed E-state index contributed by atoms with van der Waals surface area (Å²) in [6.45, 7) is 4.61. The van der Waals surface area contributed by atoms with Crippen LogP contribution in [0.15, 0.2) is 0 Å². The van der Waals surface area contributed by atoms with Crippen molar-refractivity contribution >= 4 is 23.1 Å². The average Bonchev–Trinajstić information content (AvgIpc) is 2.32. The lowest BCUT2D eigenvalue weighted by Gasteiger charge is -2.32. The maximum absolute atomic E-state index is 12.3. The summed E-state index contributed by atoms with van der Waals surface area (Å²) in [5.41, 5.74) is 4.79. The van der Waals surface area contributed by atoms with Crippen LogP contribution in [-0.4, -0.2) is 54.3 Å². The van der Waals surface area contributed by atoms with Crippen LogP contribution in [0.3, 0.4) is 0 Å². The SMILES string of the molecule is CCC(C)(C(=O)N(CCO)CCOC)C(N)=S. The van der Waals surface area contributed by atoms with Crippen molar-refractivity contribution in [2.24, 2.45) is 11.1 Å². The van der Waals surface area contributed by atoms with Gasteiger partial charge in [0.1, 0.15) is 0 Å². The molecular weight excluding hydrogens is 240 g/mol. The van der Waals surface area contributed by atoms with E-state index in [1.807, 2.05) is 6.92 Å². The van der Waals surface area contributed by atoms with E-state index in [0.717, 1.165) is 0 Å². The van der Waals surface area contributed by atoms with E-state index in [4.69, 9.17) is 27.8 Å². The van der Waals surface area contributed by atoms with Crippen molar-refractivity contribution in [3.63, 3.8) is 0 Å². The van der Waals surface area contributed by atoms with Crippen LogP contribution in [-0.2, 0) is 9.53 Å². The second-order valence-corrected chi connectivity index (χ2v) is 4.50. The molecule has 1 unspecified atom stereocenters. The smallest absolute Gasteiger partial charge is 0.235 e. The largest absolute Gasteiger partial charge is 0.395 e. The molecule has 3 N–H and O–H groups in total. The quantitative estimate of drug-likeness (QED) is 0.609. The minimum atomic E-state index is -0.849. The Balaban J connectivity index is 4.84. The van der Waals surface area contributed by atoms with Crippen molar-refractivity contribution in [3.8, 4) is 0 Å². The van der Waals surface area contributed by atoms with Crippen molar-refractivity contribution in [3.05, 3.63) is 0 Å². The second kappa shape index (κ2) is 7.58. The van der Waals surface area contributed by atoms with Crippen LogP contribution in [0.25, 0.3) is 0 Å². The van der Waals surface area contributed by atoms with E-state index < -0.39 is 5.41 Å². The van der Waals surface area contributed by atoms with Crippen molar-refractivity contribution in [1.82, 2.24) is 4.90 Å². The van der Waals surface area contributed by atoms with E-state index in [-0.39, 0.29) is 24.0 Å². The molecule has 0 aromatic rings. The molecule has 5 nitrogen and oxygen atoms in total. The van der Waals surface area contributed by atoms with Crippen LogP contribution in [0.5, 0.6) is 0 Å². The summed E-state index contributed by atoms with van der Waals surface area (Å²) in [6.07, 6.45) is 0.538. The number of amides is 1. The molecule has 1 atom stereocenters. The average molecular weight is 262 g/mol. The summed E-state index contributed by atoms with van der Waals surface area (Å²) >= 11 is 4.96. The first-order valence-electron chi connectivity index (χ1n) is 5.63. The predicted octanol–water partition coefficient (Wildman–Crippen LogP) is 0.156. The molecule has 0 fully saturated rings. The molecule has 0 aromatic heterocycles. The normalized spacial score (nSPS) is 14.1. The second-order valence-electron chi connectivity index (χ2n) is 4.06. The predicted molar refractivity (Wildman–Crippen MR) is 70.7 cm³/mol. The van der Waals surface area contributed by atoms with E-state index in [2.05, 4.69) is 0 Å². The standard InChI is InChI=1S/C11H22N2O3S/c1-4-11(2,9(12)17)10(15)13(5-7-14)6-8-16-3/h14H,4-8H2,1-3H3,(H2,12,17). The molecule has 1 amide bonds. The van der Waals surface area contributed by atoms with Gasteiger partial charge in [0, 0.05) is 20.2 Å². The van der Waals surface area contributed by atoms with E-state index >= 15 is 0 Å². The van der Waals surface area contributed by atoms with Crippen molar-refractivity contribution in [1.29, 1.82) is 0 Å². The van der Waals surface area contributed by atoms with Crippen LogP contribution < -0.4 is 5.73 Å². The van der Waals surface area contributed by atoms with Gasteiger partial charge in [0.25, 0.3) is 0 Å². The van der Waals surface area contributed by atoms with Gasteiger partial charge < -0.3 is 20.5 Å². The maximum Gasteiger partial charge on any atom is 0.235 e. The highest BCUT2D eigenvalue weighted by atomic mass is 32.1. The number of carbonyl (C=O) groups is 1. The topological polar surface area (TPSA) is 75.8 Å². The van der Waals surface area contributed by atoms with Gasteiger partial charge >= 0.3 is 0 Å². The molecule has 0 saturated heterocycles. The summed E-state index contributed by atoms with van der Waals surface area (Å²) in [6, 6.07) is 0. The lowest BCUT2D eigenvalue weighted by atomic mass is 9.85. The van der Waals surface area contributed by atoms with Crippen molar-refractivity contribution in [2.75, 3.05) is 33.4 Å². The summed E-state index contributed by atoms with van der Waals surface area (Å²) in [4.78, 5) is 14.0. The molecule has 0 aliphatic carbocycles. The van der Waals surface area contributed by atoms with E-state index in [9.17, 15) is 4.79 Å². The number of aliphatic hydroxyl groups excluding tert-OH is 1. The van der Waals surface area contributed by atoms with Gasteiger partial charge in [-0.2, -0.15) is 0 Å². The zero-order valence-electron chi connectivity index (χ0n) is 10.7. The molecule has 0 rings (SSSR count). The zero-order chi connectivity index (χ0) is 13.5. The van der Waals surface area contributed by atoms with Gasteiger partial charge in [-0.25, -0.2) is 0 Å². The van der Waals surface area contributed by atoms with Gasteiger partial charge in [0.2, 0.25) is 5.91 Å². The first-order chi connectivity index (χ1) is 7.93. The molecule has 0 radical (unpaired) electrons. The molecule has 17 heavy (non-hydrogen) atoms. The van der Waals surface area contributed by atoms with Crippen LogP contribution in [0, 0.1) is 5.41 Å². The Bertz CT molecular complexity index is 273. The van der Waals surface area contributed by atoms with Gasteiger partial charge in [0.05, 0.1) is 23.6 Å². The van der Waals surface area contributed by atoms with E-state index in [1.165, 1.54) is 4.90 Å². The van der Waals surface area contributed by atoms with Crippen LogP contribution >= 0.6 is 12.2 Å². The Morgan fingerprint density at radius 3 is 2.47 bits per heavy atom. The summed E-state index contributed by atoms with van der Waals surface area (Å²) in [5.74, 6) is -0.154. The van der Waals surface area contributed by atoms with Crippen molar-refractivity contribution < 1.29 is 14.6 Å². The molecule has 100 valence electrons. The highest BCUT2D eigenvalue weighted by Crippen LogP contribution is 2.24. The van der Waals surface area contributed by atoms with Gasteiger partial charge in [-0.05, 0) is 13.3 Å². The number of ether oxygens (including phenoxy) is 1. The Morgan fingerprint density at radius 1 is 1.53 bits per heavy atom. The third-order valence-corrected chi connectivity index (χ3v) is 3.40. The number of aliphatic hydroxyl groups is 1. The fraction of sp³-hybridized carbons (Fsp3) is 0.818. The van der Waals surface area contributed by atoms with Crippen LogP contribution in [0.2, 0.25) is 0 Å². The number of nitrogens with two attached hydrogens (primary N) is 1. The Morgan fingerprint density at radius 2 is 2.12 bits per heavy atom. The van der Waals surface area contributed by atoms with E-state index in [1.54, 1.807) is 14.0 Å². The van der Waals surface area contributed by atoms with Crippen LogP contribution in [0.4, 0.5) is 0 Å². The number of thiocarbonyl (C=S) groups is 1. The van der Waals surface area contributed by atoms with Crippen molar-refractivity contribution in [2.45, 2.75) is 20.3 Å². The number of rotatable bonds is 8. The van der Waals surface area contributed by atoms with Gasteiger partial charge in [-0.1, -0.05) is 19.1 Å². The molecule has 0 saturated carbocycles. The van der Waals surface area contributed by atoms with E-state index in [0.29, 0.717) is 19.6 Å². The molecular formula is C11H22N2O3S. The minimum absolute atomic E-state index is 0.0907. The third kappa shape index (κ3) is 4.22. The number of carbonyl (C=O) groups excluding carboxylic acids is 1. The fourth-order valence-electron chi connectivity index (χ4n) is 1.42. The zero-order valence-corrected chi connectivity index (χ0v) is 11.5. The monoisotopic (exact) mass is 262 g/mol. The first-order valence-corrected chi connectivity index (χ1v) is 6.04. The first kappa shape index (κ1) is 16.3. The van der Waals surface area contributed by atoms with Gasteiger partial charge in [-0.15, -0.1) is 0 Å². The summed E-state index contributed by atoms with van der Waals surface area (Å²) in [7, 11) is 1.56. The summed E-state index contributed by atoms with van der Waals surface area (Å²) in [5, 5.41) is 8.96. The Hall–Kier alpha value is -0.720. The molecule has 0 aliphatic heterocycles. The lowest BCUT2D eigenvalue weighted by Crippen LogP contribution is -2.50. The molecule has 0 spiro atoms. The summed E-state index contributed by atoms with van der Waals surface area (Å²) < 4.78 is 4.94. The molecule has 0 aromatic carbocycles. The van der Waals surface area contributed by atoms with Crippen LogP contribution in [0.1, 0.15) is 20.3 Å². The lowest BCUT2D eigenvalue weighted by molar-refractivity contribution is -0.139. The third-order valence-electron chi connectivity index (χ3n) is 2.95. The molecule has 0 heterocycles. The highest BCUT2D eigenvalue weighted by molar-refractivity contribution is 7.80. The number of methoxy groups -OCH3 is 1. The number of nitrogens with zero attached hydrogens (tertiary/aromatic N) is 1. The highest BCUT2D eigenvalue weighted by Gasteiger charge is 2.37. The molecule has 6 heteroatoms. The Kier molecular flexibility index (Phi) is 7.26. The molecule has 0 bridgehead atoms. The van der Waals surface area contributed by atoms with Gasteiger partial charge in [-0.3, -0.25) is 4.79 Å². The molecule has 0 aliphatic rings. The Labute approximate surface area is 108 Å². The minimum Gasteiger partial charge on any atom is -0.395 e.